The van der Waals surface area contributed by atoms with Crippen LogP contribution in [0.2, 0.25) is 5.21 Å². The van der Waals surface area contributed by atoms with Gasteiger partial charge in [-0.3, -0.25) is 0 Å². The van der Waals surface area contributed by atoms with Crippen molar-refractivity contribution >= 4 is 15.7 Å². The Kier molecular flexibility index (Phi) is 3.52. The Morgan fingerprint density at radius 3 is 2.11 bits per heavy atom. The Morgan fingerprint density at radius 1 is 1.16 bits per heavy atom. The maximum Gasteiger partial charge on any atom is 0.0631 e. The average Bonchev–Trinajstić information content (AvgIpc) is 2.60. The van der Waals surface area contributed by atoms with Gasteiger partial charge in [0.05, 0.1) is 15.7 Å². The molecule has 3 atom stereocenters. The van der Waals surface area contributed by atoms with Gasteiger partial charge in [-0.05, 0) is 53.8 Å². The first-order chi connectivity index (χ1) is 8.50. The monoisotopic (exact) mass is 256 g/mol. The molecular weight excluding hydrogens is 226 g/mol. The predicted molar refractivity (Wildman–Crippen MR) is 85.6 cm³/mol. The van der Waals surface area contributed by atoms with E-state index in [-0.39, 0.29) is 5.41 Å². The molecule has 2 bridgehead atoms. The van der Waals surface area contributed by atoms with Gasteiger partial charge in [-0.15, -0.1) is 0 Å². The fourth-order valence-electron chi connectivity index (χ4n) is 5.24. The summed E-state index contributed by atoms with van der Waals surface area (Å²) in [5.41, 5.74) is 0.714. The van der Waals surface area contributed by atoms with Crippen LogP contribution in [0.3, 0.4) is 0 Å². The van der Waals surface area contributed by atoms with E-state index in [0.717, 1.165) is 18.8 Å². The van der Waals surface area contributed by atoms with E-state index in [1.54, 1.807) is 0 Å². The smallest absolute Gasteiger partial charge is 0.0631 e. The van der Waals surface area contributed by atoms with Crippen LogP contribution in [0.25, 0.3) is 0 Å². The summed E-state index contributed by atoms with van der Waals surface area (Å²) in [6.07, 6.45) is 6.15. The fraction of sp³-hybridized carbons (Fsp3) is 1.00. The van der Waals surface area contributed by atoms with Crippen LogP contribution in [0.5, 0.6) is 0 Å². The van der Waals surface area contributed by atoms with Gasteiger partial charge < -0.3 is 0 Å². The first-order valence-electron chi connectivity index (χ1n) is 8.08. The summed E-state index contributed by atoms with van der Waals surface area (Å²) in [4.78, 5) is 0. The minimum absolute atomic E-state index is 0.00991. The van der Waals surface area contributed by atoms with E-state index in [2.05, 4.69) is 41.5 Å². The highest BCUT2D eigenvalue weighted by molar-refractivity contribution is 6.40. The summed E-state index contributed by atoms with van der Waals surface area (Å²) in [7, 11) is 13.5. The molecule has 2 heteroatoms. The first kappa shape index (κ1) is 15.5. The van der Waals surface area contributed by atoms with Crippen LogP contribution in [0, 0.1) is 28.1 Å². The van der Waals surface area contributed by atoms with E-state index in [4.69, 9.17) is 15.7 Å². The van der Waals surface area contributed by atoms with Gasteiger partial charge in [-0.2, -0.15) is 0 Å². The molecule has 2 rings (SSSR count). The summed E-state index contributed by atoms with van der Waals surface area (Å²) >= 11 is 0. The molecule has 0 heterocycles. The molecular formula is C17H30B2. The average molecular weight is 256 g/mol. The van der Waals surface area contributed by atoms with Crippen LogP contribution in [0.15, 0.2) is 0 Å². The van der Waals surface area contributed by atoms with Crippen molar-refractivity contribution in [3.05, 3.63) is 0 Å². The van der Waals surface area contributed by atoms with Crippen molar-refractivity contribution in [2.75, 3.05) is 0 Å². The Morgan fingerprint density at radius 2 is 1.74 bits per heavy atom. The molecule has 19 heavy (non-hydrogen) atoms. The lowest BCUT2D eigenvalue weighted by Crippen LogP contribution is -2.46. The summed E-state index contributed by atoms with van der Waals surface area (Å²) in [5.74, 6) is 1.27. The largest absolute Gasteiger partial charge is 0.0908 e. The summed E-state index contributed by atoms with van der Waals surface area (Å²) in [6.45, 7) is 14.1. The Balaban J connectivity index is 2.34. The van der Waals surface area contributed by atoms with Gasteiger partial charge in [0, 0.05) is 0 Å². The zero-order valence-corrected chi connectivity index (χ0v) is 13.8. The van der Waals surface area contributed by atoms with E-state index in [1.807, 2.05) is 0 Å². The normalized spacial score (nSPS) is 37.8. The standard InChI is InChI=1S/C17H30B2/c1-7-9-14(2,3)17(18,19)13-11-12-8-10-16(13,6)15(12,4)5/h12-13H,7-11H2,1-6H3. The molecule has 2 saturated carbocycles. The predicted octanol–water partition coefficient (Wildman–Crippen LogP) is 4.73. The molecule has 2 aliphatic carbocycles. The van der Waals surface area contributed by atoms with Crippen LogP contribution in [0.1, 0.15) is 73.6 Å². The van der Waals surface area contributed by atoms with E-state index in [9.17, 15) is 0 Å². The molecule has 0 aromatic heterocycles. The second-order valence-electron chi connectivity index (χ2n) is 8.73. The second-order valence-corrected chi connectivity index (χ2v) is 8.73. The molecule has 0 amide bonds. The van der Waals surface area contributed by atoms with Crippen LogP contribution in [-0.2, 0) is 0 Å². The van der Waals surface area contributed by atoms with E-state index < -0.39 is 5.21 Å². The third-order valence-electron chi connectivity index (χ3n) is 7.42. The van der Waals surface area contributed by atoms with Crippen molar-refractivity contribution in [2.45, 2.75) is 78.9 Å². The third-order valence-corrected chi connectivity index (χ3v) is 7.42. The molecule has 4 radical (unpaired) electrons. The lowest BCUT2D eigenvalue weighted by atomic mass is 9.34. The van der Waals surface area contributed by atoms with Gasteiger partial charge in [0.2, 0.25) is 0 Å². The van der Waals surface area contributed by atoms with E-state index >= 15 is 0 Å². The minimum atomic E-state index is -0.551. The van der Waals surface area contributed by atoms with E-state index in [0.29, 0.717) is 16.7 Å². The fourth-order valence-corrected chi connectivity index (χ4v) is 5.24. The molecule has 0 aromatic carbocycles. The van der Waals surface area contributed by atoms with Crippen molar-refractivity contribution in [3.8, 4) is 0 Å². The summed E-state index contributed by atoms with van der Waals surface area (Å²) in [6, 6.07) is 0. The van der Waals surface area contributed by atoms with Gasteiger partial charge in [-0.1, -0.05) is 53.2 Å². The second kappa shape index (κ2) is 4.31. The van der Waals surface area contributed by atoms with Crippen LogP contribution in [0.4, 0.5) is 0 Å². The summed E-state index contributed by atoms with van der Waals surface area (Å²) in [5, 5.41) is -0.551. The first-order valence-corrected chi connectivity index (χ1v) is 8.08. The minimum Gasteiger partial charge on any atom is -0.0908 e. The Labute approximate surface area is 123 Å². The highest BCUT2D eigenvalue weighted by Gasteiger charge is 2.65. The number of hydrogen-bond acceptors (Lipinski definition) is 0. The van der Waals surface area contributed by atoms with Crippen LogP contribution >= 0.6 is 0 Å². The lowest BCUT2D eigenvalue weighted by molar-refractivity contribution is 0.0573. The molecule has 0 spiro atoms. The molecule has 0 aromatic rings. The highest BCUT2D eigenvalue weighted by Crippen LogP contribution is 2.74. The Hall–Kier alpha value is 0.130. The zero-order valence-electron chi connectivity index (χ0n) is 13.8. The van der Waals surface area contributed by atoms with Crippen LogP contribution < -0.4 is 0 Å². The molecule has 0 nitrogen and oxygen atoms in total. The quantitative estimate of drug-likeness (QED) is 0.638. The maximum atomic E-state index is 6.76. The number of fused-ring (bicyclic) bond motifs is 2. The number of hydrogen-bond donors (Lipinski definition) is 0. The van der Waals surface area contributed by atoms with Crippen LogP contribution in [-0.4, -0.2) is 15.7 Å². The molecule has 0 saturated heterocycles. The van der Waals surface area contributed by atoms with Gasteiger partial charge in [0.15, 0.2) is 0 Å². The molecule has 0 N–H and O–H groups in total. The lowest BCUT2D eigenvalue weighted by Gasteiger charge is -2.55. The Bertz CT molecular complexity index is 356. The third kappa shape index (κ3) is 1.88. The summed E-state index contributed by atoms with van der Waals surface area (Å²) < 4.78 is 0. The molecule has 2 aliphatic rings. The number of rotatable bonds is 4. The SMILES string of the molecule is [B]C([B])(C1CC2CCC1(C)C2(C)C)C(C)(C)CCC. The van der Waals surface area contributed by atoms with Crippen molar-refractivity contribution in [2.24, 2.45) is 28.1 Å². The van der Waals surface area contributed by atoms with Gasteiger partial charge >= 0.3 is 0 Å². The van der Waals surface area contributed by atoms with Crippen molar-refractivity contribution in [1.82, 2.24) is 0 Å². The van der Waals surface area contributed by atoms with Crippen molar-refractivity contribution in [1.29, 1.82) is 0 Å². The van der Waals surface area contributed by atoms with Gasteiger partial charge in [0.25, 0.3) is 0 Å². The molecule has 3 unspecified atom stereocenters. The highest BCUT2D eigenvalue weighted by atomic mass is 14.7. The molecule has 104 valence electrons. The zero-order chi connectivity index (χ0) is 14.7. The topological polar surface area (TPSA) is 0 Å². The maximum absolute atomic E-state index is 6.76. The van der Waals surface area contributed by atoms with E-state index in [1.165, 1.54) is 19.3 Å². The van der Waals surface area contributed by atoms with Gasteiger partial charge in [0.1, 0.15) is 0 Å². The molecule has 0 aliphatic heterocycles. The van der Waals surface area contributed by atoms with Gasteiger partial charge in [-0.25, -0.2) is 0 Å². The van der Waals surface area contributed by atoms with Crippen molar-refractivity contribution < 1.29 is 0 Å². The molecule has 2 fully saturated rings. The van der Waals surface area contributed by atoms with Crippen molar-refractivity contribution in [3.63, 3.8) is 0 Å².